The molecule has 0 spiro atoms. The molecule has 1 rings (SSSR count). The van der Waals surface area contributed by atoms with Gasteiger partial charge in [-0.2, -0.15) is 8.42 Å². The fourth-order valence-corrected chi connectivity index (χ4v) is 1.98. The Morgan fingerprint density at radius 2 is 1.83 bits per heavy atom. The van der Waals surface area contributed by atoms with Crippen LogP contribution in [-0.2, 0) is 10.1 Å². The minimum atomic E-state index is -4.13. The number of rotatable bonds is 5. The zero-order chi connectivity index (χ0) is 13.9. The normalized spacial score (nSPS) is 11.3. The van der Waals surface area contributed by atoms with Crippen molar-refractivity contribution in [3.05, 3.63) is 28.8 Å². The van der Waals surface area contributed by atoms with Crippen LogP contribution in [-0.4, -0.2) is 31.6 Å². The topological polar surface area (TPSA) is 80.7 Å². The number of hydrogen-bond acceptors (Lipinski definition) is 4. The van der Waals surface area contributed by atoms with Crippen molar-refractivity contribution >= 4 is 15.9 Å². The standard InChI is InChI=1S/C12H16O5S/c1-8-6-10(12(17-3)7-9(8)2)11(13)4-5-18(14,15)16/h6-7H,4-5H2,1-3H3,(H,14,15,16). The van der Waals surface area contributed by atoms with Gasteiger partial charge in [-0.05, 0) is 37.1 Å². The van der Waals surface area contributed by atoms with Gasteiger partial charge in [0.15, 0.2) is 5.78 Å². The number of hydrogen-bond donors (Lipinski definition) is 1. The second-order valence-electron chi connectivity index (χ2n) is 4.10. The van der Waals surface area contributed by atoms with Crippen LogP contribution in [0.4, 0.5) is 0 Å². The summed E-state index contributed by atoms with van der Waals surface area (Å²) in [4.78, 5) is 11.9. The SMILES string of the molecule is COc1cc(C)c(C)cc1C(=O)CCS(=O)(=O)O. The molecule has 5 nitrogen and oxygen atoms in total. The van der Waals surface area contributed by atoms with E-state index in [1.54, 1.807) is 12.1 Å². The van der Waals surface area contributed by atoms with E-state index in [1.165, 1.54) is 7.11 Å². The van der Waals surface area contributed by atoms with Crippen molar-refractivity contribution < 1.29 is 22.5 Å². The molecule has 0 atom stereocenters. The summed E-state index contributed by atoms with van der Waals surface area (Å²) in [6, 6.07) is 3.40. The Morgan fingerprint density at radius 1 is 1.28 bits per heavy atom. The van der Waals surface area contributed by atoms with Crippen LogP contribution in [0.3, 0.4) is 0 Å². The van der Waals surface area contributed by atoms with E-state index in [2.05, 4.69) is 0 Å². The number of Topliss-reactive ketones (excluding diaryl/α,β-unsaturated/α-hetero) is 1. The van der Waals surface area contributed by atoms with E-state index in [4.69, 9.17) is 9.29 Å². The van der Waals surface area contributed by atoms with Crippen molar-refractivity contribution in [2.24, 2.45) is 0 Å². The highest BCUT2D eigenvalue weighted by Gasteiger charge is 2.16. The van der Waals surface area contributed by atoms with Gasteiger partial charge < -0.3 is 4.74 Å². The van der Waals surface area contributed by atoms with E-state index >= 15 is 0 Å². The molecule has 1 aromatic carbocycles. The predicted molar refractivity (Wildman–Crippen MR) is 67.8 cm³/mol. The first-order valence-corrected chi connectivity index (χ1v) is 6.99. The van der Waals surface area contributed by atoms with Crippen molar-refractivity contribution in [3.63, 3.8) is 0 Å². The smallest absolute Gasteiger partial charge is 0.265 e. The third-order valence-electron chi connectivity index (χ3n) is 2.70. The van der Waals surface area contributed by atoms with Gasteiger partial charge >= 0.3 is 0 Å². The van der Waals surface area contributed by atoms with Crippen LogP contribution in [0.25, 0.3) is 0 Å². The van der Waals surface area contributed by atoms with Crippen molar-refractivity contribution in [1.29, 1.82) is 0 Å². The van der Waals surface area contributed by atoms with Crippen LogP contribution in [0, 0.1) is 13.8 Å². The molecule has 6 heteroatoms. The van der Waals surface area contributed by atoms with Gasteiger partial charge in [-0.15, -0.1) is 0 Å². The molecule has 0 radical (unpaired) electrons. The zero-order valence-electron chi connectivity index (χ0n) is 10.6. The molecule has 0 aromatic heterocycles. The van der Waals surface area contributed by atoms with Gasteiger partial charge in [-0.1, -0.05) is 0 Å². The Balaban J connectivity index is 3.02. The molecule has 1 N–H and O–H groups in total. The lowest BCUT2D eigenvalue weighted by molar-refractivity contribution is 0.0985. The van der Waals surface area contributed by atoms with Gasteiger partial charge in [-0.3, -0.25) is 9.35 Å². The summed E-state index contributed by atoms with van der Waals surface area (Å²) in [6.07, 6.45) is -0.266. The summed E-state index contributed by atoms with van der Waals surface area (Å²) >= 11 is 0. The van der Waals surface area contributed by atoms with Gasteiger partial charge in [0.25, 0.3) is 10.1 Å². The molecule has 0 amide bonds. The maximum atomic E-state index is 11.9. The maximum absolute atomic E-state index is 11.9. The highest BCUT2D eigenvalue weighted by Crippen LogP contribution is 2.24. The predicted octanol–water partition coefficient (Wildman–Crippen LogP) is 1.77. The summed E-state index contributed by atoms with van der Waals surface area (Å²) in [5.74, 6) is -0.534. The minimum absolute atomic E-state index is 0.266. The largest absolute Gasteiger partial charge is 0.496 e. The van der Waals surface area contributed by atoms with Crippen LogP contribution in [0.1, 0.15) is 27.9 Å². The third-order valence-corrected chi connectivity index (χ3v) is 3.42. The van der Waals surface area contributed by atoms with Gasteiger partial charge in [0.2, 0.25) is 0 Å². The van der Waals surface area contributed by atoms with E-state index in [-0.39, 0.29) is 12.2 Å². The van der Waals surface area contributed by atoms with Gasteiger partial charge in [-0.25, -0.2) is 0 Å². The first kappa shape index (κ1) is 14.7. The summed E-state index contributed by atoms with van der Waals surface area (Å²) in [5.41, 5.74) is 2.24. The molecule has 0 unspecified atom stereocenters. The third kappa shape index (κ3) is 3.82. The average Bonchev–Trinajstić information content (AvgIpc) is 2.28. The van der Waals surface area contributed by atoms with Gasteiger partial charge in [0.05, 0.1) is 18.4 Å². The first-order chi connectivity index (χ1) is 8.24. The van der Waals surface area contributed by atoms with Crippen LogP contribution >= 0.6 is 0 Å². The van der Waals surface area contributed by atoms with Crippen LogP contribution in [0.15, 0.2) is 12.1 Å². The van der Waals surface area contributed by atoms with Gasteiger partial charge in [0.1, 0.15) is 5.75 Å². The minimum Gasteiger partial charge on any atom is -0.496 e. The Kier molecular flexibility index (Phi) is 4.48. The molecule has 1 aromatic rings. The number of benzene rings is 1. The van der Waals surface area contributed by atoms with Crippen LogP contribution in [0.5, 0.6) is 5.75 Å². The lowest BCUT2D eigenvalue weighted by Crippen LogP contribution is -2.11. The first-order valence-electron chi connectivity index (χ1n) is 5.38. The van der Waals surface area contributed by atoms with Crippen molar-refractivity contribution in [2.75, 3.05) is 12.9 Å². The highest BCUT2D eigenvalue weighted by molar-refractivity contribution is 7.85. The van der Waals surface area contributed by atoms with E-state index in [1.807, 2.05) is 13.8 Å². The number of ketones is 1. The molecule has 0 heterocycles. The van der Waals surface area contributed by atoms with E-state index < -0.39 is 15.9 Å². The lowest BCUT2D eigenvalue weighted by atomic mass is 10.0. The number of carbonyl (C=O) groups is 1. The number of carbonyl (C=O) groups excluding carboxylic acids is 1. The Morgan fingerprint density at radius 3 is 2.33 bits per heavy atom. The second-order valence-corrected chi connectivity index (χ2v) is 5.67. The summed E-state index contributed by atoms with van der Waals surface area (Å²) < 4.78 is 35.0. The van der Waals surface area contributed by atoms with Gasteiger partial charge in [0, 0.05) is 6.42 Å². The maximum Gasteiger partial charge on any atom is 0.265 e. The number of ether oxygens (including phenoxy) is 1. The molecule has 0 fully saturated rings. The van der Waals surface area contributed by atoms with Crippen LogP contribution < -0.4 is 4.74 Å². The number of aryl methyl sites for hydroxylation is 2. The fraction of sp³-hybridized carbons (Fsp3) is 0.417. The summed E-state index contributed by atoms with van der Waals surface area (Å²) in [7, 11) is -2.68. The quantitative estimate of drug-likeness (QED) is 0.652. The molecule has 0 saturated carbocycles. The molecule has 0 aliphatic carbocycles. The summed E-state index contributed by atoms with van der Waals surface area (Å²) in [6.45, 7) is 3.75. The van der Waals surface area contributed by atoms with E-state index in [0.29, 0.717) is 11.3 Å². The number of methoxy groups -OCH3 is 1. The fourth-order valence-electron chi connectivity index (χ4n) is 1.53. The molecule has 0 aliphatic heterocycles. The molecule has 0 bridgehead atoms. The Labute approximate surface area is 107 Å². The monoisotopic (exact) mass is 272 g/mol. The van der Waals surface area contributed by atoms with Crippen molar-refractivity contribution in [1.82, 2.24) is 0 Å². The summed E-state index contributed by atoms with van der Waals surface area (Å²) in [5, 5.41) is 0. The lowest BCUT2D eigenvalue weighted by Gasteiger charge is -2.10. The van der Waals surface area contributed by atoms with Crippen LogP contribution in [0.2, 0.25) is 0 Å². The molecule has 100 valence electrons. The van der Waals surface area contributed by atoms with Crippen molar-refractivity contribution in [2.45, 2.75) is 20.3 Å². The molecule has 18 heavy (non-hydrogen) atoms. The van der Waals surface area contributed by atoms with Crippen molar-refractivity contribution in [3.8, 4) is 5.75 Å². The van der Waals surface area contributed by atoms with E-state index in [0.717, 1.165) is 11.1 Å². The molecule has 0 saturated heterocycles. The molecule has 0 aliphatic rings. The highest BCUT2D eigenvalue weighted by atomic mass is 32.2. The molecular weight excluding hydrogens is 256 g/mol. The zero-order valence-corrected chi connectivity index (χ0v) is 11.4. The Hall–Kier alpha value is -1.40. The second kappa shape index (κ2) is 5.49. The average molecular weight is 272 g/mol. The molecular formula is C12H16O5S. The Bertz CT molecular complexity index is 560. The van der Waals surface area contributed by atoms with E-state index in [9.17, 15) is 13.2 Å².